The molecule has 8 nitrogen and oxygen atoms in total. The summed E-state index contributed by atoms with van der Waals surface area (Å²) in [6, 6.07) is 9.14. The molecule has 1 aromatic heterocycles. The van der Waals surface area contributed by atoms with Crippen molar-refractivity contribution >= 4 is 29.1 Å². The van der Waals surface area contributed by atoms with Crippen LogP contribution in [0.15, 0.2) is 41.3 Å². The van der Waals surface area contributed by atoms with Gasteiger partial charge < -0.3 is 14.9 Å². The third kappa shape index (κ3) is 8.00. The first-order chi connectivity index (χ1) is 20.2. The van der Waals surface area contributed by atoms with Gasteiger partial charge >= 0.3 is 0 Å². The van der Waals surface area contributed by atoms with Crippen LogP contribution in [0.1, 0.15) is 89.9 Å². The number of ether oxygens (including phenoxy) is 1. The first-order valence-electron chi connectivity index (χ1n) is 15.4. The van der Waals surface area contributed by atoms with Gasteiger partial charge in [0.15, 0.2) is 0 Å². The summed E-state index contributed by atoms with van der Waals surface area (Å²) >= 11 is 1.56. The molecule has 0 spiro atoms. The molecule has 0 aliphatic carbocycles. The average molecular weight is 613 g/mol. The second kappa shape index (κ2) is 13.7. The number of nitrogens with zero attached hydrogens (tertiary/aromatic N) is 2. The molecule has 2 saturated heterocycles. The molecule has 0 bridgehead atoms. The Morgan fingerprint density at radius 3 is 2.53 bits per heavy atom. The summed E-state index contributed by atoms with van der Waals surface area (Å²) in [4.78, 5) is 38.6. The van der Waals surface area contributed by atoms with Crippen LogP contribution in [-0.4, -0.2) is 61.9 Å². The topological polar surface area (TPSA) is 112 Å². The third-order valence-corrected chi connectivity index (χ3v) is 10.2. The summed E-state index contributed by atoms with van der Waals surface area (Å²) in [5.41, 5.74) is 0.998. The fraction of sp³-hybridized carbons (Fsp3) is 0.618. The Hall–Kier alpha value is -2.43. The molecule has 1 aromatic carbocycles. The minimum Gasteiger partial charge on any atom is -0.392 e. The van der Waals surface area contributed by atoms with E-state index in [2.05, 4.69) is 11.9 Å². The highest BCUT2D eigenvalue weighted by Gasteiger charge is 2.53. The lowest BCUT2D eigenvalue weighted by Gasteiger charge is -2.36. The quantitative estimate of drug-likeness (QED) is 0.405. The van der Waals surface area contributed by atoms with Crippen LogP contribution in [0.3, 0.4) is 0 Å². The first-order valence-corrected chi connectivity index (χ1v) is 16.3. The maximum atomic E-state index is 14.1. The molecule has 0 radical (unpaired) electrons. The molecule has 2 aliphatic heterocycles. The molecule has 236 valence electrons. The number of amides is 1. The van der Waals surface area contributed by atoms with E-state index >= 15 is 0 Å². The molecular weight excluding hydrogens is 564 g/mol. The maximum absolute atomic E-state index is 14.1. The maximum Gasteiger partial charge on any atom is 0.249 e. The van der Waals surface area contributed by atoms with Crippen molar-refractivity contribution in [2.75, 3.05) is 0 Å². The number of carbonyl (C=O) groups excluding carboxylic acids is 2. The highest BCUT2D eigenvalue weighted by atomic mass is 32.1. The molecule has 7 unspecified atom stereocenters. The summed E-state index contributed by atoms with van der Waals surface area (Å²) in [6.07, 6.45) is 2.36. The summed E-state index contributed by atoms with van der Waals surface area (Å²) in [5.74, 6) is -1.47. The fourth-order valence-corrected chi connectivity index (χ4v) is 6.73. The zero-order valence-electron chi connectivity index (χ0n) is 26.6. The SMILES string of the molecule is CC(=Cc1csc(C)n1)C1CC2OC2(C)CCCC(C)C(O)C(C)C(=O)C(C)(C)C(O)CC(=O)N1OCc1ccccc1. The van der Waals surface area contributed by atoms with Crippen molar-refractivity contribution in [1.29, 1.82) is 0 Å². The molecule has 9 heteroatoms. The number of aliphatic hydroxyl groups is 2. The highest BCUT2D eigenvalue weighted by Crippen LogP contribution is 2.45. The van der Waals surface area contributed by atoms with Crippen LogP contribution in [0.25, 0.3) is 6.08 Å². The van der Waals surface area contributed by atoms with Crippen LogP contribution in [-0.2, 0) is 25.8 Å². The van der Waals surface area contributed by atoms with Gasteiger partial charge in [-0.1, -0.05) is 64.4 Å². The Morgan fingerprint density at radius 2 is 1.88 bits per heavy atom. The van der Waals surface area contributed by atoms with E-state index < -0.39 is 35.5 Å². The lowest BCUT2D eigenvalue weighted by molar-refractivity contribution is -0.205. The van der Waals surface area contributed by atoms with Crippen LogP contribution in [0, 0.1) is 24.2 Å². The van der Waals surface area contributed by atoms with Crippen LogP contribution >= 0.6 is 11.3 Å². The van der Waals surface area contributed by atoms with E-state index in [1.54, 1.807) is 32.1 Å². The number of Topliss-reactive ketones (excluding diaryl/α,β-unsaturated/α-hetero) is 1. The van der Waals surface area contributed by atoms with E-state index in [9.17, 15) is 19.8 Å². The lowest BCUT2D eigenvalue weighted by atomic mass is 9.72. The van der Waals surface area contributed by atoms with Gasteiger partial charge in [-0.15, -0.1) is 11.3 Å². The molecule has 4 rings (SSSR count). The molecule has 2 fully saturated rings. The monoisotopic (exact) mass is 612 g/mol. The number of fused-ring (bicyclic) bond motifs is 1. The Bertz CT molecular complexity index is 1290. The van der Waals surface area contributed by atoms with Gasteiger partial charge in [-0.3, -0.25) is 14.4 Å². The van der Waals surface area contributed by atoms with Gasteiger partial charge in [-0.05, 0) is 56.7 Å². The number of hydroxylamine groups is 2. The third-order valence-electron chi connectivity index (χ3n) is 9.43. The van der Waals surface area contributed by atoms with Crippen LogP contribution in [0.5, 0.6) is 0 Å². The minimum absolute atomic E-state index is 0.0938. The van der Waals surface area contributed by atoms with Crippen molar-refractivity contribution in [2.45, 2.75) is 117 Å². The number of carbonyl (C=O) groups is 2. The molecule has 2 aromatic rings. The Balaban J connectivity index is 1.72. The van der Waals surface area contributed by atoms with Crippen molar-refractivity contribution in [2.24, 2.45) is 17.3 Å². The Labute approximate surface area is 260 Å². The second-order valence-electron chi connectivity index (χ2n) is 13.3. The van der Waals surface area contributed by atoms with Crippen molar-refractivity contribution in [1.82, 2.24) is 10.0 Å². The van der Waals surface area contributed by atoms with Gasteiger partial charge in [-0.2, -0.15) is 0 Å². The summed E-state index contributed by atoms with van der Waals surface area (Å²) < 4.78 is 6.27. The number of aryl methyl sites for hydroxylation is 1. The number of rotatable bonds is 5. The molecule has 2 aliphatic rings. The fourth-order valence-electron chi connectivity index (χ4n) is 6.16. The molecule has 43 heavy (non-hydrogen) atoms. The van der Waals surface area contributed by atoms with Crippen molar-refractivity contribution < 1.29 is 29.4 Å². The number of hydrogen-bond donors (Lipinski definition) is 2. The normalized spacial score (nSPS) is 32.9. The van der Waals surface area contributed by atoms with E-state index in [1.165, 1.54) is 5.06 Å². The van der Waals surface area contributed by atoms with Gasteiger partial charge in [-0.25, -0.2) is 10.0 Å². The van der Waals surface area contributed by atoms with Gasteiger partial charge in [0.25, 0.3) is 0 Å². The highest BCUT2D eigenvalue weighted by molar-refractivity contribution is 7.09. The average Bonchev–Trinajstić information content (AvgIpc) is 3.42. The van der Waals surface area contributed by atoms with Gasteiger partial charge in [0.05, 0.1) is 52.5 Å². The number of aliphatic hydroxyl groups excluding tert-OH is 2. The van der Waals surface area contributed by atoms with Crippen LogP contribution in [0.2, 0.25) is 0 Å². The van der Waals surface area contributed by atoms with Crippen LogP contribution < -0.4 is 0 Å². The Kier molecular flexibility index (Phi) is 10.7. The molecule has 1 amide bonds. The van der Waals surface area contributed by atoms with E-state index in [0.717, 1.165) is 41.1 Å². The molecule has 7 atom stereocenters. The number of aromatic nitrogens is 1. The van der Waals surface area contributed by atoms with Gasteiger partial charge in [0, 0.05) is 17.7 Å². The zero-order valence-corrected chi connectivity index (χ0v) is 27.4. The number of ketones is 1. The molecule has 3 heterocycles. The number of benzene rings is 1. The molecule has 2 N–H and O–H groups in total. The standard InChI is InChI=1S/C34H48N2O6S/c1-21-12-11-15-34(7)29(42-34)17-27(22(2)16-26-20-43-24(4)35-26)36(41-19-25-13-9-8-10-14-25)30(38)18-28(37)33(5,6)32(40)23(3)31(21)39/h8-10,13-14,16,20-21,23,27-29,31,37,39H,11-12,15,17-19H2,1-7H3. The summed E-state index contributed by atoms with van der Waals surface area (Å²) in [7, 11) is 0. The summed E-state index contributed by atoms with van der Waals surface area (Å²) in [5, 5.41) is 26.7. The minimum atomic E-state index is -1.28. The zero-order chi connectivity index (χ0) is 31.5. The van der Waals surface area contributed by atoms with E-state index in [0.29, 0.717) is 6.42 Å². The second-order valence-corrected chi connectivity index (χ2v) is 14.3. The number of hydrogen-bond acceptors (Lipinski definition) is 8. The van der Waals surface area contributed by atoms with Crippen LogP contribution in [0.4, 0.5) is 0 Å². The first kappa shape index (κ1) is 33.5. The number of thiazole rings is 1. The van der Waals surface area contributed by atoms with Gasteiger partial charge in [0.2, 0.25) is 5.91 Å². The van der Waals surface area contributed by atoms with Crippen molar-refractivity contribution in [3.8, 4) is 0 Å². The van der Waals surface area contributed by atoms with Gasteiger partial charge in [0.1, 0.15) is 12.4 Å². The van der Waals surface area contributed by atoms with E-state index in [4.69, 9.17) is 9.57 Å². The molecule has 0 saturated carbocycles. The Morgan fingerprint density at radius 1 is 1.19 bits per heavy atom. The van der Waals surface area contributed by atoms with Crippen molar-refractivity contribution in [3.63, 3.8) is 0 Å². The van der Waals surface area contributed by atoms with E-state index in [-0.39, 0.29) is 36.4 Å². The summed E-state index contributed by atoms with van der Waals surface area (Å²) in [6.45, 7) is 13.2. The smallest absolute Gasteiger partial charge is 0.249 e. The largest absolute Gasteiger partial charge is 0.392 e. The lowest BCUT2D eigenvalue weighted by Crippen LogP contribution is -2.48. The number of epoxide rings is 1. The molecular formula is C34H48N2O6S. The van der Waals surface area contributed by atoms with E-state index in [1.807, 2.05) is 62.6 Å². The van der Waals surface area contributed by atoms with Crippen molar-refractivity contribution in [3.05, 3.63) is 57.6 Å². The predicted molar refractivity (Wildman–Crippen MR) is 168 cm³/mol. The predicted octanol–water partition coefficient (Wildman–Crippen LogP) is 5.89.